The number of amides is 1. The molecule has 0 saturated carbocycles. The van der Waals surface area contributed by atoms with Crippen molar-refractivity contribution in [3.63, 3.8) is 0 Å². The summed E-state index contributed by atoms with van der Waals surface area (Å²) in [5, 5.41) is 8.65. The minimum absolute atomic E-state index is 0.170. The van der Waals surface area contributed by atoms with Gasteiger partial charge in [-0.05, 0) is 47.0 Å². The van der Waals surface area contributed by atoms with Crippen LogP contribution in [0.15, 0.2) is 72.8 Å². The van der Waals surface area contributed by atoms with Crippen molar-refractivity contribution in [2.75, 3.05) is 11.5 Å². The number of carboxylic acids is 1. The molecule has 0 aliphatic carbocycles. The van der Waals surface area contributed by atoms with Gasteiger partial charge in [-0.15, -0.1) is 0 Å². The molecule has 0 aromatic heterocycles. The van der Waals surface area contributed by atoms with E-state index in [4.69, 9.17) is 9.84 Å². The third kappa shape index (κ3) is 5.42. The number of hydrogen-bond donors (Lipinski definition) is 1. The molecule has 3 aromatic carbocycles. The Morgan fingerprint density at radius 3 is 2.14 bits per heavy atom. The second kappa shape index (κ2) is 9.01. The zero-order valence-corrected chi connectivity index (χ0v) is 15.8. The van der Waals surface area contributed by atoms with E-state index in [0.29, 0.717) is 18.0 Å². The summed E-state index contributed by atoms with van der Waals surface area (Å²) in [6, 6.07) is 20.8. The zero-order chi connectivity index (χ0) is 20.8. The number of carbonyl (C=O) groups is 2. The SMILES string of the molecule is CC(=O)N(Cc1ccc(-c2ccc(OCC(=O)O)cc2)cc1)c1cccc(F)c1. The molecule has 0 fully saturated rings. The summed E-state index contributed by atoms with van der Waals surface area (Å²) in [5.41, 5.74) is 3.35. The van der Waals surface area contributed by atoms with Gasteiger partial charge >= 0.3 is 5.97 Å². The highest BCUT2D eigenvalue weighted by Gasteiger charge is 2.13. The molecule has 0 radical (unpaired) electrons. The molecule has 0 bridgehead atoms. The van der Waals surface area contributed by atoms with Gasteiger partial charge in [-0.1, -0.05) is 42.5 Å². The highest BCUT2D eigenvalue weighted by molar-refractivity contribution is 5.91. The average Bonchev–Trinajstić information content (AvgIpc) is 2.71. The van der Waals surface area contributed by atoms with Gasteiger partial charge in [0.1, 0.15) is 11.6 Å². The number of nitrogens with zero attached hydrogens (tertiary/aromatic N) is 1. The standard InChI is InChI=1S/C23H20FNO4/c1-16(26)25(21-4-2-3-20(24)13-21)14-17-5-7-18(8-6-17)19-9-11-22(12-10-19)29-15-23(27)28/h2-13H,14-15H2,1H3,(H,27,28). The fourth-order valence-electron chi connectivity index (χ4n) is 2.90. The largest absolute Gasteiger partial charge is 0.482 e. The number of carboxylic acid groups (broad SMARTS) is 1. The lowest BCUT2D eigenvalue weighted by Crippen LogP contribution is -2.27. The molecule has 0 saturated heterocycles. The van der Waals surface area contributed by atoms with Crippen LogP contribution in [-0.2, 0) is 16.1 Å². The predicted octanol–water partition coefficient (Wildman–Crippen LogP) is 4.51. The van der Waals surface area contributed by atoms with Crippen LogP contribution in [0.1, 0.15) is 12.5 Å². The molecular formula is C23H20FNO4. The van der Waals surface area contributed by atoms with E-state index in [9.17, 15) is 14.0 Å². The lowest BCUT2D eigenvalue weighted by Gasteiger charge is -2.21. The molecule has 1 amide bonds. The fourth-order valence-corrected chi connectivity index (χ4v) is 2.90. The first-order valence-electron chi connectivity index (χ1n) is 9.00. The van der Waals surface area contributed by atoms with Gasteiger partial charge in [0.15, 0.2) is 6.61 Å². The van der Waals surface area contributed by atoms with E-state index in [-0.39, 0.29) is 18.3 Å². The summed E-state index contributed by atoms with van der Waals surface area (Å²) in [5.74, 6) is -1.10. The van der Waals surface area contributed by atoms with Crippen LogP contribution in [0, 0.1) is 5.82 Å². The van der Waals surface area contributed by atoms with Gasteiger partial charge in [0.05, 0.1) is 6.54 Å². The van der Waals surface area contributed by atoms with Crippen molar-refractivity contribution >= 4 is 17.6 Å². The Morgan fingerprint density at radius 2 is 1.59 bits per heavy atom. The van der Waals surface area contributed by atoms with Gasteiger partial charge < -0.3 is 14.7 Å². The summed E-state index contributed by atoms with van der Waals surface area (Å²) >= 11 is 0. The maximum atomic E-state index is 13.5. The number of hydrogen-bond acceptors (Lipinski definition) is 3. The van der Waals surface area contributed by atoms with Crippen molar-refractivity contribution in [2.45, 2.75) is 13.5 Å². The van der Waals surface area contributed by atoms with Gasteiger partial charge in [0.2, 0.25) is 5.91 Å². The van der Waals surface area contributed by atoms with E-state index >= 15 is 0 Å². The maximum absolute atomic E-state index is 13.5. The number of anilines is 1. The molecule has 6 heteroatoms. The number of aliphatic carboxylic acids is 1. The Bertz CT molecular complexity index is 1000. The molecule has 0 aliphatic rings. The van der Waals surface area contributed by atoms with E-state index in [1.807, 2.05) is 36.4 Å². The van der Waals surface area contributed by atoms with Crippen molar-refractivity contribution in [1.29, 1.82) is 0 Å². The molecule has 29 heavy (non-hydrogen) atoms. The summed E-state index contributed by atoms with van der Waals surface area (Å²) in [7, 11) is 0. The Labute approximate surface area is 168 Å². The second-order valence-electron chi connectivity index (χ2n) is 6.49. The maximum Gasteiger partial charge on any atom is 0.341 e. The van der Waals surface area contributed by atoms with Gasteiger partial charge in [0.25, 0.3) is 0 Å². The summed E-state index contributed by atoms with van der Waals surface area (Å²) in [4.78, 5) is 24.1. The molecule has 148 valence electrons. The zero-order valence-electron chi connectivity index (χ0n) is 15.8. The van der Waals surface area contributed by atoms with Crippen molar-refractivity contribution in [2.24, 2.45) is 0 Å². The topological polar surface area (TPSA) is 66.8 Å². The van der Waals surface area contributed by atoms with Crippen molar-refractivity contribution < 1.29 is 23.8 Å². The van der Waals surface area contributed by atoms with Crippen LogP contribution in [0.25, 0.3) is 11.1 Å². The fraction of sp³-hybridized carbons (Fsp3) is 0.130. The molecule has 0 unspecified atom stereocenters. The molecule has 0 heterocycles. The van der Waals surface area contributed by atoms with Crippen LogP contribution in [-0.4, -0.2) is 23.6 Å². The predicted molar refractivity (Wildman–Crippen MR) is 108 cm³/mol. The number of benzene rings is 3. The highest BCUT2D eigenvalue weighted by Crippen LogP contribution is 2.24. The van der Waals surface area contributed by atoms with E-state index in [2.05, 4.69) is 0 Å². The monoisotopic (exact) mass is 393 g/mol. The van der Waals surface area contributed by atoms with Crippen molar-refractivity contribution in [3.05, 3.63) is 84.2 Å². The average molecular weight is 393 g/mol. The molecule has 0 atom stereocenters. The summed E-state index contributed by atoms with van der Waals surface area (Å²) < 4.78 is 18.6. The summed E-state index contributed by atoms with van der Waals surface area (Å²) in [6.45, 7) is 1.40. The Kier molecular flexibility index (Phi) is 6.24. The molecule has 0 spiro atoms. The first kappa shape index (κ1) is 20.1. The highest BCUT2D eigenvalue weighted by atomic mass is 19.1. The molecule has 3 aromatic rings. The van der Waals surface area contributed by atoms with Crippen molar-refractivity contribution in [3.8, 4) is 16.9 Å². The number of halogens is 1. The normalized spacial score (nSPS) is 10.4. The first-order chi connectivity index (χ1) is 13.9. The number of carbonyl (C=O) groups excluding carboxylic acids is 1. The Balaban J connectivity index is 1.72. The van der Waals surface area contributed by atoms with E-state index in [1.165, 1.54) is 24.0 Å². The second-order valence-corrected chi connectivity index (χ2v) is 6.49. The van der Waals surface area contributed by atoms with Gasteiger partial charge in [-0.2, -0.15) is 0 Å². The van der Waals surface area contributed by atoms with Crippen molar-refractivity contribution in [1.82, 2.24) is 0 Å². The molecule has 1 N–H and O–H groups in total. The minimum atomic E-state index is -1.03. The van der Waals surface area contributed by atoms with Crippen LogP contribution in [0.4, 0.5) is 10.1 Å². The summed E-state index contributed by atoms with van der Waals surface area (Å²) in [6.07, 6.45) is 0. The first-order valence-corrected chi connectivity index (χ1v) is 9.00. The Hall–Kier alpha value is -3.67. The van der Waals surface area contributed by atoms with Gasteiger partial charge in [0, 0.05) is 12.6 Å². The lowest BCUT2D eigenvalue weighted by atomic mass is 10.0. The van der Waals surface area contributed by atoms with Crippen LogP contribution in [0.5, 0.6) is 5.75 Å². The Morgan fingerprint density at radius 1 is 0.966 bits per heavy atom. The third-order valence-corrected chi connectivity index (χ3v) is 4.34. The number of ether oxygens (including phenoxy) is 1. The third-order valence-electron chi connectivity index (χ3n) is 4.34. The molecular weight excluding hydrogens is 373 g/mol. The minimum Gasteiger partial charge on any atom is -0.482 e. The molecule has 3 rings (SSSR count). The van der Waals surface area contributed by atoms with Crippen LogP contribution < -0.4 is 9.64 Å². The van der Waals surface area contributed by atoms with E-state index in [0.717, 1.165) is 16.7 Å². The number of rotatable bonds is 7. The quantitative estimate of drug-likeness (QED) is 0.641. The van der Waals surface area contributed by atoms with Crippen LogP contribution in [0.3, 0.4) is 0 Å². The van der Waals surface area contributed by atoms with Crippen LogP contribution in [0.2, 0.25) is 0 Å². The molecule has 0 aliphatic heterocycles. The van der Waals surface area contributed by atoms with Crippen LogP contribution >= 0.6 is 0 Å². The smallest absolute Gasteiger partial charge is 0.341 e. The lowest BCUT2D eigenvalue weighted by molar-refractivity contribution is -0.139. The van der Waals surface area contributed by atoms with Gasteiger partial charge in [-0.25, -0.2) is 9.18 Å². The van der Waals surface area contributed by atoms with E-state index in [1.54, 1.807) is 24.3 Å². The van der Waals surface area contributed by atoms with Gasteiger partial charge in [-0.3, -0.25) is 4.79 Å². The molecule has 5 nitrogen and oxygen atoms in total. The van der Waals surface area contributed by atoms with E-state index < -0.39 is 5.97 Å².